The number of nitrogens with zero attached hydrogens (tertiary/aromatic N) is 1. The van der Waals surface area contributed by atoms with Gasteiger partial charge in [-0.1, -0.05) is 19.1 Å². The Morgan fingerprint density at radius 3 is 2.30 bits per heavy atom. The standard InChI is InChI=1S/C21H24N2O4/c1-15(21(25)26)14-16-2-6-18(7-3-16)22-20(24)17-4-8-19(9-5-17)23-10-12-27-13-11-23/h2-9,15H,10-14H2,1H3,(H,22,24)(H,25,26). The van der Waals surface area contributed by atoms with Crippen LogP contribution in [-0.4, -0.2) is 43.3 Å². The van der Waals surface area contributed by atoms with Gasteiger partial charge in [0.25, 0.3) is 5.91 Å². The topological polar surface area (TPSA) is 78.9 Å². The Kier molecular flexibility index (Phi) is 6.08. The number of benzene rings is 2. The van der Waals surface area contributed by atoms with Crippen molar-refractivity contribution in [3.63, 3.8) is 0 Å². The third kappa shape index (κ3) is 5.08. The number of rotatable bonds is 6. The minimum absolute atomic E-state index is 0.171. The van der Waals surface area contributed by atoms with E-state index in [2.05, 4.69) is 10.2 Å². The highest BCUT2D eigenvalue weighted by atomic mass is 16.5. The minimum Gasteiger partial charge on any atom is -0.481 e. The fourth-order valence-corrected chi connectivity index (χ4v) is 3.01. The molecule has 2 aromatic carbocycles. The summed E-state index contributed by atoms with van der Waals surface area (Å²) in [5.74, 6) is -1.42. The van der Waals surface area contributed by atoms with Gasteiger partial charge in [-0.3, -0.25) is 9.59 Å². The molecular weight excluding hydrogens is 344 g/mol. The van der Waals surface area contributed by atoms with Crippen molar-refractivity contribution in [2.24, 2.45) is 5.92 Å². The first-order valence-corrected chi connectivity index (χ1v) is 9.09. The summed E-state index contributed by atoms with van der Waals surface area (Å²) >= 11 is 0. The Labute approximate surface area is 158 Å². The third-order valence-corrected chi connectivity index (χ3v) is 4.68. The van der Waals surface area contributed by atoms with E-state index in [9.17, 15) is 9.59 Å². The first kappa shape index (κ1) is 18.9. The highest BCUT2D eigenvalue weighted by molar-refractivity contribution is 6.04. The fraction of sp³-hybridized carbons (Fsp3) is 0.333. The van der Waals surface area contributed by atoms with E-state index < -0.39 is 11.9 Å². The molecule has 1 fully saturated rings. The zero-order valence-electron chi connectivity index (χ0n) is 15.4. The normalized spacial score (nSPS) is 15.2. The van der Waals surface area contributed by atoms with Gasteiger partial charge in [0.15, 0.2) is 0 Å². The molecule has 0 bridgehead atoms. The molecule has 6 heteroatoms. The van der Waals surface area contributed by atoms with Gasteiger partial charge in [-0.05, 0) is 48.4 Å². The Morgan fingerprint density at radius 1 is 1.07 bits per heavy atom. The van der Waals surface area contributed by atoms with E-state index in [1.54, 1.807) is 19.1 Å². The molecule has 2 N–H and O–H groups in total. The summed E-state index contributed by atoms with van der Waals surface area (Å²) < 4.78 is 5.36. The first-order valence-electron chi connectivity index (χ1n) is 9.09. The van der Waals surface area contributed by atoms with Crippen LogP contribution < -0.4 is 10.2 Å². The van der Waals surface area contributed by atoms with E-state index >= 15 is 0 Å². The summed E-state index contributed by atoms with van der Waals surface area (Å²) in [6.07, 6.45) is 0.465. The predicted octanol–water partition coefficient (Wildman–Crippen LogP) is 3.04. The third-order valence-electron chi connectivity index (χ3n) is 4.68. The van der Waals surface area contributed by atoms with Gasteiger partial charge in [-0.25, -0.2) is 0 Å². The lowest BCUT2D eigenvalue weighted by molar-refractivity contribution is -0.141. The van der Waals surface area contributed by atoms with Gasteiger partial charge in [0.1, 0.15) is 0 Å². The van der Waals surface area contributed by atoms with E-state index in [4.69, 9.17) is 9.84 Å². The molecule has 1 saturated heterocycles. The molecule has 1 aliphatic rings. The van der Waals surface area contributed by atoms with Crippen LogP contribution in [0.15, 0.2) is 48.5 Å². The molecule has 0 aliphatic carbocycles. The molecular formula is C21H24N2O4. The zero-order chi connectivity index (χ0) is 19.2. The molecule has 27 heavy (non-hydrogen) atoms. The molecule has 0 spiro atoms. The number of aliphatic carboxylic acids is 1. The molecule has 6 nitrogen and oxygen atoms in total. The maximum Gasteiger partial charge on any atom is 0.306 e. The lowest BCUT2D eigenvalue weighted by Crippen LogP contribution is -2.36. The van der Waals surface area contributed by atoms with Crippen molar-refractivity contribution in [2.75, 3.05) is 36.5 Å². The highest BCUT2D eigenvalue weighted by Crippen LogP contribution is 2.18. The summed E-state index contributed by atoms with van der Waals surface area (Å²) in [4.78, 5) is 25.6. The quantitative estimate of drug-likeness (QED) is 0.819. The summed E-state index contributed by atoms with van der Waals surface area (Å²) in [6, 6.07) is 14.8. The molecule has 142 valence electrons. The number of hydrogen-bond acceptors (Lipinski definition) is 4. The average molecular weight is 368 g/mol. The minimum atomic E-state index is -0.812. The Balaban J connectivity index is 1.59. The first-order chi connectivity index (χ1) is 13.0. The maximum absolute atomic E-state index is 12.4. The number of carbonyl (C=O) groups is 2. The lowest BCUT2D eigenvalue weighted by atomic mass is 10.0. The van der Waals surface area contributed by atoms with Crippen molar-refractivity contribution in [1.29, 1.82) is 0 Å². The van der Waals surface area contributed by atoms with Crippen molar-refractivity contribution in [1.82, 2.24) is 0 Å². The highest BCUT2D eigenvalue weighted by Gasteiger charge is 2.13. The number of ether oxygens (including phenoxy) is 1. The number of carboxylic acid groups (broad SMARTS) is 1. The smallest absolute Gasteiger partial charge is 0.306 e. The van der Waals surface area contributed by atoms with E-state index in [0.29, 0.717) is 17.7 Å². The predicted molar refractivity (Wildman–Crippen MR) is 104 cm³/mol. The van der Waals surface area contributed by atoms with Gasteiger partial charge in [0, 0.05) is 30.0 Å². The zero-order valence-corrected chi connectivity index (χ0v) is 15.4. The number of nitrogens with one attached hydrogen (secondary N) is 1. The van der Waals surface area contributed by atoms with Gasteiger partial charge in [0.05, 0.1) is 19.1 Å². The Morgan fingerprint density at radius 2 is 1.70 bits per heavy atom. The number of morpholine rings is 1. The van der Waals surface area contributed by atoms with Crippen molar-refractivity contribution < 1.29 is 19.4 Å². The van der Waals surface area contributed by atoms with E-state index in [1.807, 2.05) is 36.4 Å². The molecule has 1 unspecified atom stereocenters. The lowest BCUT2D eigenvalue weighted by Gasteiger charge is -2.28. The molecule has 2 aromatic rings. The summed E-state index contributed by atoms with van der Waals surface area (Å²) in [5.41, 5.74) is 3.30. The van der Waals surface area contributed by atoms with Gasteiger partial charge in [-0.2, -0.15) is 0 Å². The summed E-state index contributed by atoms with van der Waals surface area (Å²) in [5, 5.41) is 11.9. The van der Waals surface area contributed by atoms with Crippen LogP contribution in [0.1, 0.15) is 22.8 Å². The molecule has 0 aromatic heterocycles. The van der Waals surface area contributed by atoms with Gasteiger partial charge in [-0.15, -0.1) is 0 Å². The van der Waals surface area contributed by atoms with Gasteiger partial charge >= 0.3 is 5.97 Å². The van der Waals surface area contributed by atoms with Crippen molar-refractivity contribution in [3.8, 4) is 0 Å². The maximum atomic E-state index is 12.4. The van der Waals surface area contributed by atoms with E-state index in [0.717, 1.165) is 37.6 Å². The van der Waals surface area contributed by atoms with Crippen LogP contribution in [0, 0.1) is 5.92 Å². The largest absolute Gasteiger partial charge is 0.481 e. The molecule has 0 saturated carbocycles. The molecule has 0 radical (unpaired) electrons. The van der Waals surface area contributed by atoms with E-state index in [1.165, 1.54) is 0 Å². The Hall–Kier alpha value is -2.86. The van der Waals surface area contributed by atoms with Crippen LogP contribution in [0.3, 0.4) is 0 Å². The van der Waals surface area contributed by atoms with Crippen LogP contribution in [0.25, 0.3) is 0 Å². The van der Waals surface area contributed by atoms with Crippen LogP contribution in [-0.2, 0) is 16.0 Å². The summed E-state index contributed by atoms with van der Waals surface area (Å²) in [7, 11) is 0. The number of anilines is 2. The van der Waals surface area contributed by atoms with Crippen LogP contribution in [0.4, 0.5) is 11.4 Å². The Bertz CT molecular complexity index is 781. The number of carboxylic acids is 1. The fourth-order valence-electron chi connectivity index (χ4n) is 3.01. The van der Waals surface area contributed by atoms with Gasteiger partial charge in [0.2, 0.25) is 0 Å². The van der Waals surface area contributed by atoms with Crippen molar-refractivity contribution in [3.05, 3.63) is 59.7 Å². The van der Waals surface area contributed by atoms with Crippen LogP contribution >= 0.6 is 0 Å². The van der Waals surface area contributed by atoms with Crippen LogP contribution in [0.5, 0.6) is 0 Å². The van der Waals surface area contributed by atoms with Gasteiger partial charge < -0.3 is 20.1 Å². The van der Waals surface area contributed by atoms with E-state index in [-0.39, 0.29) is 5.91 Å². The second kappa shape index (κ2) is 8.68. The molecule has 1 atom stereocenters. The number of carbonyl (C=O) groups excluding carboxylic acids is 1. The second-order valence-corrected chi connectivity index (χ2v) is 6.74. The number of amides is 1. The molecule has 1 aliphatic heterocycles. The average Bonchev–Trinajstić information content (AvgIpc) is 2.70. The van der Waals surface area contributed by atoms with Crippen LogP contribution in [0.2, 0.25) is 0 Å². The molecule has 3 rings (SSSR count). The van der Waals surface area contributed by atoms with Crippen molar-refractivity contribution in [2.45, 2.75) is 13.3 Å². The monoisotopic (exact) mass is 368 g/mol. The summed E-state index contributed by atoms with van der Waals surface area (Å²) in [6.45, 7) is 4.85. The molecule has 1 heterocycles. The second-order valence-electron chi connectivity index (χ2n) is 6.74. The SMILES string of the molecule is CC(Cc1ccc(NC(=O)c2ccc(N3CCOCC3)cc2)cc1)C(=O)O. The molecule has 1 amide bonds. The number of hydrogen-bond donors (Lipinski definition) is 2. The van der Waals surface area contributed by atoms with Crippen molar-refractivity contribution >= 4 is 23.3 Å².